The van der Waals surface area contributed by atoms with Crippen LogP contribution in [-0.2, 0) is 0 Å². The van der Waals surface area contributed by atoms with E-state index < -0.39 is 5.82 Å². The molecule has 1 N–H and O–H groups in total. The van der Waals surface area contributed by atoms with E-state index in [1.807, 2.05) is 30.3 Å². The Labute approximate surface area is 143 Å². The van der Waals surface area contributed by atoms with Gasteiger partial charge >= 0.3 is 0 Å². The second-order valence-electron chi connectivity index (χ2n) is 5.06. The van der Waals surface area contributed by atoms with Gasteiger partial charge in [-0.25, -0.2) is 4.39 Å². The van der Waals surface area contributed by atoms with Crippen LogP contribution in [0.25, 0.3) is 10.9 Å². The third-order valence-electron chi connectivity index (χ3n) is 3.42. The van der Waals surface area contributed by atoms with Crippen molar-refractivity contribution in [2.24, 2.45) is 0 Å². The summed E-state index contributed by atoms with van der Waals surface area (Å²) in [6.07, 6.45) is 1.70. The SMILES string of the molecule is O=C(NCCOc1cccc2cccnc12)c1ccc(F)cc1Cl. The smallest absolute Gasteiger partial charge is 0.252 e. The van der Waals surface area contributed by atoms with Gasteiger partial charge < -0.3 is 10.1 Å². The van der Waals surface area contributed by atoms with E-state index in [0.29, 0.717) is 5.75 Å². The maximum atomic E-state index is 13.0. The molecule has 0 fully saturated rings. The minimum atomic E-state index is -0.483. The molecule has 122 valence electrons. The van der Waals surface area contributed by atoms with Crippen LogP contribution in [0.1, 0.15) is 10.4 Å². The number of rotatable bonds is 5. The molecule has 0 saturated carbocycles. The highest BCUT2D eigenvalue weighted by molar-refractivity contribution is 6.33. The molecule has 4 nitrogen and oxygen atoms in total. The van der Waals surface area contributed by atoms with Crippen molar-refractivity contribution in [2.75, 3.05) is 13.2 Å². The highest BCUT2D eigenvalue weighted by Crippen LogP contribution is 2.22. The Hall–Kier alpha value is -2.66. The summed E-state index contributed by atoms with van der Waals surface area (Å²) in [4.78, 5) is 16.3. The minimum absolute atomic E-state index is 0.0756. The van der Waals surface area contributed by atoms with Gasteiger partial charge in [-0.15, -0.1) is 0 Å². The van der Waals surface area contributed by atoms with Gasteiger partial charge in [-0.3, -0.25) is 9.78 Å². The van der Waals surface area contributed by atoms with E-state index in [4.69, 9.17) is 16.3 Å². The summed E-state index contributed by atoms with van der Waals surface area (Å²) in [6, 6.07) is 13.1. The van der Waals surface area contributed by atoms with Crippen molar-refractivity contribution in [3.05, 3.63) is 71.1 Å². The molecule has 0 aliphatic heterocycles. The molecule has 0 radical (unpaired) electrons. The summed E-state index contributed by atoms with van der Waals surface area (Å²) >= 11 is 5.86. The second kappa shape index (κ2) is 7.27. The van der Waals surface area contributed by atoms with Crippen LogP contribution >= 0.6 is 11.6 Å². The van der Waals surface area contributed by atoms with Gasteiger partial charge in [-0.2, -0.15) is 0 Å². The normalized spacial score (nSPS) is 10.6. The first-order chi connectivity index (χ1) is 11.6. The summed E-state index contributed by atoms with van der Waals surface area (Å²) < 4.78 is 18.7. The Morgan fingerprint density at radius 3 is 2.88 bits per heavy atom. The number of benzene rings is 2. The van der Waals surface area contributed by atoms with Crippen LogP contribution in [-0.4, -0.2) is 24.0 Å². The van der Waals surface area contributed by atoms with Gasteiger partial charge in [-0.05, 0) is 30.3 Å². The molecule has 6 heteroatoms. The van der Waals surface area contributed by atoms with Crippen molar-refractivity contribution < 1.29 is 13.9 Å². The molecular formula is C18H14ClFN2O2. The Morgan fingerprint density at radius 1 is 1.21 bits per heavy atom. The maximum Gasteiger partial charge on any atom is 0.252 e. The molecule has 1 amide bonds. The molecule has 0 atom stereocenters. The van der Waals surface area contributed by atoms with Crippen molar-refractivity contribution >= 4 is 28.4 Å². The van der Waals surface area contributed by atoms with Crippen LogP contribution in [0.15, 0.2) is 54.7 Å². The first kappa shape index (κ1) is 16.2. The Balaban J connectivity index is 1.58. The number of hydrogen-bond acceptors (Lipinski definition) is 3. The minimum Gasteiger partial charge on any atom is -0.489 e. The van der Waals surface area contributed by atoms with Crippen LogP contribution in [0, 0.1) is 5.82 Å². The molecule has 0 saturated heterocycles. The van der Waals surface area contributed by atoms with Gasteiger partial charge in [0.05, 0.1) is 17.1 Å². The predicted molar refractivity (Wildman–Crippen MR) is 91.0 cm³/mol. The molecule has 0 unspecified atom stereocenters. The highest BCUT2D eigenvalue weighted by Gasteiger charge is 2.10. The Bertz CT molecular complexity index is 881. The van der Waals surface area contributed by atoms with E-state index in [-0.39, 0.29) is 29.6 Å². The number of amides is 1. The number of fused-ring (bicyclic) bond motifs is 1. The lowest BCUT2D eigenvalue weighted by molar-refractivity contribution is 0.0947. The lowest BCUT2D eigenvalue weighted by Gasteiger charge is -2.10. The molecule has 0 spiro atoms. The third-order valence-corrected chi connectivity index (χ3v) is 3.73. The second-order valence-corrected chi connectivity index (χ2v) is 5.47. The van der Waals surface area contributed by atoms with Gasteiger partial charge in [0.2, 0.25) is 0 Å². The molecule has 24 heavy (non-hydrogen) atoms. The van der Waals surface area contributed by atoms with E-state index in [0.717, 1.165) is 17.0 Å². The van der Waals surface area contributed by atoms with Crippen LogP contribution in [0.2, 0.25) is 5.02 Å². The zero-order chi connectivity index (χ0) is 16.9. The van der Waals surface area contributed by atoms with E-state index in [2.05, 4.69) is 10.3 Å². The number of hydrogen-bond donors (Lipinski definition) is 1. The average Bonchev–Trinajstić information content (AvgIpc) is 2.58. The number of carbonyl (C=O) groups is 1. The highest BCUT2D eigenvalue weighted by atomic mass is 35.5. The number of ether oxygens (including phenoxy) is 1. The van der Waals surface area contributed by atoms with E-state index >= 15 is 0 Å². The van der Waals surface area contributed by atoms with Gasteiger partial charge in [0.25, 0.3) is 5.91 Å². The van der Waals surface area contributed by atoms with Crippen LogP contribution in [0.4, 0.5) is 4.39 Å². The van der Waals surface area contributed by atoms with Crippen molar-refractivity contribution in [1.29, 1.82) is 0 Å². The Kier molecular flexibility index (Phi) is 4.91. The quantitative estimate of drug-likeness (QED) is 0.715. The monoisotopic (exact) mass is 344 g/mol. The molecule has 1 aromatic heterocycles. The molecule has 2 aromatic carbocycles. The van der Waals surface area contributed by atoms with Gasteiger partial charge in [0.1, 0.15) is 23.7 Å². The molecule has 0 bridgehead atoms. The number of nitrogens with zero attached hydrogens (tertiary/aromatic N) is 1. The van der Waals surface area contributed by atoms with Crippen molar-refractivity contribution in [3.63, 3.8) is 0 Å². The van der Waals surface area contributed by atoms with E-state index in [9.17, 15) is 9.18 Å². The molecule has 3 rings (SSSR count). The summed E-state index contributed by atoms with van der Waals surface area (Å²) in [5.41, 5.74) is 0.998. The van der Waals surface area contributed by atoms with E-state index in [1.165, 1.54) is 12.1 Å². The Morgan fingerprint density at radius 2 is 2.04 bits per heavy atom. The molecule has 1 heterocycles. The standard InChI is InChI=1S/C18H14ClFN2O2/c19-15-11-13(20)6-7-14(15)18(23)22-9-10-24-16-5-1-3-12-4-2-8-21-17(12)16/h1-8,11H,9-10H2,(H,22,23). The first-order valence-corrected chi connectivity index (χ1v) is 7.73. The third kappa shape index (κ3) is 3.63. The number of carbonyl (C=O) groups excluding carboxylic acids is 1. The zero-order valence-electron chi connectivity index (χ0n) is 12.6. The fraction of sp³-hybridized carbons (Fsp3) is 0.111. The van der Waals surface area contributed by atoms with Crippen LogP contribution in [0.3, 0.4) is 0 Å². The zero-order valence-corrected chi connectivity index (χ0v) is 13.4. The first-order valence-electron chi connectivity index (χ1n) is 7.35. The average molecular weight is 345 g/mol. The van der Waals surface area contributed by atoms with Gasteiger partial charge in [0, 0.05) is 11.6 Å². The summed E-state index contributed by atoms with van der Waals surface area (Å²) in [6.45, 7) is 0.565. The number of para-hydroxylation sites is 1. The number of halogens is 2. The van der Waals surface area contributed by atoms with Gasteiger partial charge in [-0.1, -0.05) is 29.8 Å². The lowest BCUT2D eigenvalue weighted by atomic mass is 10.2. The molecule has 0 aliphatic rings. The summed E-state index contributed by atoms with van der Waals surface area (Å²) in [5.74, 6) is -0.204. The van der Waals surface area contributed by atoms with Crippen molar-refractivity contribution in [1.82, 2.24) is 10.3 Å². The summed E-state index contributed by atoms with van der Waals surface area (Å²) in [5, 5.41) is 3.75. The largest absolute Gasteiger partial charge is 0.489 e. The molecule has 3 aromatic rings. The van der Waals surface area contributed by atoms with Crippen LogP contribution in [0.5, 0.6) is 5.75 Å². The van der Waals surface area contributed by atoms with Crippen molar-refractivity contribution in [3.8, 4) is 5.75 Å². The molecular weight excluding hydrogens is 331 g/mol. The fourth-order valence-corrected chi connectivity index (χ4v) is 2.54. The topological polar surface area (TPSA) is 51.2 Å². The number of nitrogens with one attached hydrogen (secondary N) is 1. The fourth-order valence-electron chi connectivity index (χ4n) is 2.29. The van der Waals surface area contributed by atoms with E-state index in [1.54, 1.807) is 6.20 Å². The van der Waals surface area contributed by atoms with Crippen molar-refractivity contribution in [2.45, 2.75) is 0 Å². The maximum absolute atomic E-state index is 13.0. The summed E-state index contributed by atoms with van der Waals surface area (Å²) in [7, 11) is 0. The number of pyridine rings is 1. The van der Waals surface area contributed by atoms with Gasteiger partial charge in [0.15, 0.2) is 0 Å². The van der Waals surface area contributed by atoms with Crippen LogP contribution < -0.4 is 10.1 Å². The lowest BCUT2D eigenvalue weighted by Crippen LogP contribution is -2.28. The molecule has 0 aliphatic carbocycles. The number of aromatic nitrogens is 1. The predicted octanol–water partition coefficient (Wildman–Crippen LogP) is 3.84.